The Labute approximate surface area is 119 Å². The van der Waals surface area contributed by atoms with Gasteiger partial charge in [-0.2, -0.15) is 0 Å². The van der Waals surface area contributed by atoms with Crippen molar-refractivity contribution in [1.82, 2.24) is 4.90 Å². The van der Waals surface area contributed by atoms with Crippen LogP contribution in [0, 0.1) is 12.3 Å². The Bertz CT molecular complexity index is 549. The summed E-state index contributed by atoms with van der Waals surface area (Å²) >= 11 is 0. The zero-order chi connectivity index (χ0) is 14.9. The van der Waals surface area contributed by atoms with E-state index in [1.54, 1.807) is 12.1 Å². The Hall–Kier alpha value is -1.68. The lowest BCUT2D eigenvalue weighted by Crippen LogP contribution is -2.38. The topological polar surface area (TPSA) is 57.6 Å². The third kappa shape index (κ3) is 2.75. The van der Waals surface area contributed by atoms with Gasteiger partial charge in [0.05, 0.1) is 11.1 Å². The number of imide groups is 1. The van der Waals surface area contributed by atoms with Gasteiger partial charge in [0.1, 0.15) is 0 Å². The minimum Gasteiger partial charge on any atom is -0.396 e. The van der Waals surface area contributed by atoms with E-state index in [4.69, 9.17) is 5.11 Å². The maximum absolute atomic E-state index is 12.4. The van der Waals surface area contributed by atoms with E-state index in [-0.39, 0.29) is 23.8 Å². The van der Waals surface area contributed by atoms with E-state index in [0.717, 1.165) is 12.0 Å². The molecule has 2 rings (SSSR count). The van der Waals surface area contributed by atoms with Crippen LogP contribution in [0.3, 0.4) is 0 Å². The minimum absolute atomic E-state index is 0.130. The SMILES string of the molecule is Cc1ccc2c(c1)C(=O)N(CC(C)(C)CCCO)C2=O. The van der Waals surface area contributed by atoms with Gasteiger partial charge in [0.2, 0.25) is 0 Å². The number of aliphatic hydroxyl groups is 1. The van der Waals surface area contributed by atoms with Crippen molar-refractivity contribution in [2.45, 2.75) is 33.6 Å². The standard InChI is InChI=1S/C16H21NO3/c1-11-5-6-12-13(9-11)15(20)17(14(12)19)10-16(2,3)7-4-8-18/h5-6,9,18H,4,7-8,10H2,1-3H3. The molecule has 0 radical (unpaired) electrons. The van der Waals surface area contributed by atoms with Crippen molar-refractivity contribution < 1.29 is 14.7 Å². The van der Waals surface area contributed by atoms with E-state index in [0.29, 0.717) is 24.1 Å². The first-order valence-electron chi connectivity index (χ1n) is 6.93. The smallest absolute Gasteiger partial charge is 0.261 e. The van der Waals surface area contributed by atoms with Crippen LogP contribution < -0.4 is 0 Å². The summed E-state index contributed by atoms with van der Waals surface area (Å²) in [4.78, 5) is 26.0. The summed E-state index contributed by atoms with van der Waals surface area (Å²) in [7, 11) is 0. The molecular formula is C16H21NO3. The summed E-state index contributed by atoms with van der Waals surface area (Å²) in [5.74, 6) is -0.409. The van der Waals surface area contributed by atoms with Crippen LogP contribution in [0.2, 0.25) is 0 Å². The normalized spacial score (nSPS) is 14.9. The van der Waals surface area contributed by atoms with Gasteiger partial charge in [-0.1, -0.05) is 25.5 Å². The number of nitrogens with zero attached hydrogens (tertiary/aromatic N) is 1. The molecule has 20 heavy (non-hydrogen) atoms. The van der Waals surface area contributed by atoms with Gasteiger partial charge >= 0.3 is 0 Å². The molecule has 1 N–H and O–H groups in total. The molecule has 1 aromatic rings. The number of carbonyl (C=O) groups excluding carboxylic acids is 2. The van der Waals surface area contributed by atoms with Crippen LogP contribution in [0.5, 0.6) is 0 Å². The highest BCUT2D eigenvalue weighted by Crippen LogP contribution is 2.30. The van der Waals surface area contributed by atoms with E-state index >= 15 is 0 Å². The first-order chi connectivity index (χ1) is 9.35. The third-order valence-electron chi connectivity index (χ3n) is 3.72. The van der Waals surface area contributed by atoms with Crippen molar-refractivity contribution >= 4 is 11.8 Å². The quantitative estimate of drug-likeness (QED) is 0.839. The summed E-state index contributed by atoms with van der Waals surface area (Å²) in [5, 5.41) is 8.92. The first kappa shape index (κ1) is 14.7. The molecule has 0 aromatic heterocycles. The molecule has 1 aliphatic rings. The Morgan fingerprint density at radius 2 is 1.80 bits per heavy atom. The van der Waals surface area contributed by atoms with Crippen LogP contribution in [0.25, 0.3) is 0 Å². The Balaban J connectivity index is 2.20. The Morgan fingerprint density at radius 1 is 1.15 bits per heavy atom. The van der Waals surface area contributed by atoms with Crippen LogP contribution in [-0.2, 0) is 0 Å². The predicted octanol–water partition coefficient (Wildman–Crippen LogP) is 2.39. The molecule has 0 saturated heterocycles. The molecule has 0 unspecified atom stereocenters. The number of amides is 2. The molecular weight excluding hydrogens is 254 g/mol. The second-order valence-electron chi connectivity index (χ2n) is 6.24. The first-order valence-corrected chi connectivity index (χ1v) is 6.93. The Kier molecular flexibility index (Phi) is 3.95. The maximum Gasteiger partial charge on any atom is 0.261 e. The average molecular weight is 275 g/mol. The fourth-order valence-corrected chi connectivity index (χ4v) is 2.61. The summed E-state index contributed by atoms with van der Waals surface area (Å²) in [6, 6.07) is 5.35. The highest BCUT2D eigenvalue weighted by atomic mass is 16.3. The van der Waals surface area contributed by atoms with Crippen molar-refractivity contribution in [3.8, 4) is 0 Å². The van der Waals surface area contributed by atoms with Gasteiger partial charge in [0.25, 0.3) is 11.8 Å². The van der Waals surface area contributed by atoms with E-state index in [1.165, 1.54) is 4.90 Å². The second kappa shape index (κ2) is 5.37. The fraction of sp³-hybridized carbons (Fsp3) is 0.500. The van der Waals surface area contributed by atoms with Crippen molar-refractivity contribution in [2.24, 2.45) is 5.41 Å². The monoisotopic (exact) mass is 275 g/mol. The zero-order valence-electron chi connectivity index (χ0n) is 12.3. The van der Waals surface area contributed by atoms with Crippen LogP contribution in [0.1, 0.15) is 53.0 Å². The van der Waals surface area contributed by atoms with E-state index < -0.39 is 0 Å². The molecule has 1 aromatic carbocycles. The average Bonchev–Trinajstić information content (AvgIpc) is 2.61. The number of aliphatic hydroxyl groups excluding tert-OH is 1. The van der Waals surface area contributed by atoms with Crippen molar-refractivity contribution in [2.75, 3.05) is 13.2 Å². The summed E-state index contributed by atoms with van der Waals surface area (Å²) < 4.78 is 0. The zero-order valence-corrected chi connectivity index (χ0v) is 12.3. The number of fused-ring (bicyclic) bond motifs is 1. The molecule has 4 nitrogen and oxygen atoms in total. The van der Waals surface area contributed by atoms with Crippen molar-refractivity contribution in [1.29, 1.82) is 0 Å². The second-order valence-corrected chi connectivity index (χ2v) is 6.24. The fourth-order valence-electron chi connectivity index (χ4n) is 2.61. The molecule has 0 atom stereocenters. The summed E-state index contributed by atoms with van der Waals surface area (Å²) in [5.41, 5.74) is 1.79. The van der Waals surface area contributed by atoms with Crippen LogP contribution in [0.4, 0.5) is 0 Å². The van der Waals surface area contributed by atoms with Crippen molar-refractivity contribution in [3.05, 3.63) is 34.9 Å². The molecule has 0 fully saturated rings. The molecule has 0 bridgehead atoms. The van der Waals surface area contributed by atoms with E-state index in [9.17, 15) is 9.59 Å². The van der Waals surface area contributed by atoms with Gasteiger partial charge in [-0.25, -0.2) is 0 Å². The molecule has 4 heteroatoms. The van der Waals surface area contributed by atoms with E-state index in [1.807, 2.05) is 26.8 Å². The molecule has 108 valence electrons. The van der Waals surface area contributed by atoms with Crippen molar-refractivity contribution in [3.63, 3.8) is 0 Å². The third-order valence-corrected chi connectivity index (χ3v) is 3.72. The molecule has 0 spiro atoms. The molecule has 2 amide bonds. The summed E-state index contributed by atoms with van der Waals surface area (Å²) in [6.45, 7) is 6.45. The lowest BCUT2D eigenvalue weighted by Gasteiger charge is -2.28. The number of carbonyl (C=O) groups is 2. The lowest BCUT2D eigenvalue weighted by molar-refractivity contribution is 0.0579. The van der Waals surface area contributed by atoms with Gasteiger partial charge in [-0.05, 0) is 37.3 Å². The van der Waals surface area contributed by atoms with Gasteiger partial charge in [0, 0.05) is 13.2 Å². The Morgan fingerprint density at radius 3 is 2.45 bits per heavy atom. The highest BCUT2D eigenvalue weighted by Gasteiger charge is 2.38. The lowest BCUT2D eigenvalue weighted by atomic mass is 9.87. The van der Waals surface area contributed by atoms with Gasteiger partial charge in [-0.15, -0.1) is 0 Å². The van der Waals surface area contributed by atoms with E-state index in [2.05, 4.69) is 0 Å². The van der Waals surface area contributed by atoms with Gasteiger partial charge < -0.3 is 5.11 Å². The molecule has 0 saturated carbocycles. The molecule has 1 aliphatic heterocycles. The number of aryl methyl sites for hydroxylation is 1. The largest absolute Gasteiger partial charge is 0.396 e. The number of hydrogen-bond donors (Lipinski definition) is 1. The van der Waals surface area contributed by atoms with Gasteiger partial charge in [-0.3, -0.25) is 14.5 Å². The molecule has 0 aliphatic carbocycles. The highest BCUT2D eigenvalue weighted by molar-refractivity contribution is 6.21. The number of benzene rings is 1. The number of hydrogen-bond acceptors (Lipinski definition) is 3. The molecule has 1 heterocycles. The predicted molar refractivity (Wildman–Crippen MR) is 76.6 cm³/mol. The number of rotatable bonds is 5. The minimum atomic E-state index is -0.206. The van der Waals surface area contributed by atoms with Gasteiger partial charge in [0.15, 0.2) is 0 Å². The van der Waals surface area contributed by atoms with Crippen LogP contribution in [0.15, 0.2) is 18.2 Å². The van der Waals surface area contributed by atoms with Crippen LogP contribution >= 0.6 is 0 Å². The van der Waals surface area contributed by atoms with Crippen LogP contribution in [-0.4, -0.2) is 35.0 Å². The summed E-state index contributed by atoms with van der Waals surface area (Å²) in [6.07, 6.45) is 1.45. The maximum atomic E-state index is 12.4.